The van der Waals surface area contributed by atoms with Gasteiger partial charge >= 0.3 is 0 Å². The minimum absolute atomic E-state index is 0.00447. The average molecular weight is 405 g/mol. The van der Waals surface area contributed by atoms with Crippen LogP contribution < -0.4 is 5.32 Å². The number of morpholine rings is 1. The van der Waals surface area contributed by atoms with Crippen molar-refractivity contribution in [1.29, 1.82) is 0 Å². The Morgan fingerprint density at radius 2 is 1.73 bits per heavy atom. The van der Waals surface area contributed by atoms with Gasteiger partial charge in [-0.05, 0) is 42.2 Å². The quantitative estimate of drug-likeness (QED) is 0.600. The van der Waals surface area contributed by atoms with Gasteiger partial charge in [-0.3, -0.25) is 14.9 Å². The lowest BCUT2D eigenvalue weighted by Crippen LogP contribution is -2.36. The highest BCUT2D eigenvalue weighted by atomic mass is 16.6. The lowest BCUT2D eigenvalue weighted by molar-refractivity contribution is -0.384. The summed E-state index contributed by atoms with van der Waals surface area (Å²) in [7, 11) is 0. The van der Waals surface area contributed by atoms with Gasteiger partial charge in [-0.1, -0.05) is 30.3 Å². The van der Waals surface area contributed by atoms with Crippen LogP contribution in [-0.4, -0.2) is 42.0 Å². The fourth-order valence-corrected chi connectivity index (χ4v) is 3.86. The molecule has 2 aliphatic rings. The van der Waals surface area contributed by atoms with Gasteiger partial charge in [0.15, 0.2) is 0 Å². The Balaban J connectivity index is 1.63. The molecule has 1 aliphatic carbocycles. The van der Waals surface area contributed by atoms with Crippen molar-refractivity contribution in [2.24, 2.45) is 0 Å². The van der Waals surface area contributed by atoms with E-state index in [1.165, 1.54) is 12.1 Å². The predicted molar refractivity (Wildman–Crippen MR) is 115 cm³/mol. The van der Waals surface area contributed by atoms with E-state index in [4.69, 9.17) is 4.74 Å². The monoisotopic (exact) mass is 405 g/mol. The van der Waals surface area contributed by atoms with Crippen molar-refractivity contribution in [2.75, 3.05) is 31.6 Å². The zero-order valence-corrected chi connectivity index (χ0v) is 16.5. The predicted octanol–water partition coefficient (Wildman–Crippen LogP) is 4.00. The Labute approximate surface area is 174 Å². The first-order valence-corrected chi connectivity index (χ1v) is 9.99. The highest BCUT2D eigenvalue weighted by molar-refractivity contribution is 6.05. The number of hydrogen-bond acceptors (Lipinski definition) is 5. The summed E-state index contributed by atoms with van der Waals surface area (Å²) < 4.78 is 5.50. The molecule has 7 heteroatoms. The number of non-ortho nitro benzene ring substituents is 1. The Bertz CT molecular complexity index is 991. The molecule has 0 radical (unpaired) electrons. The van der Waals surface area contributed by atoms with Crippen LogP contribution in [0.3, 0.4) is 0 Å². The second kappa shape index (κ2) is 8.92. The molecule has 4 rings (SSSR count). The highest BCUT2D eigenvalue weighted by Crippen LogP contribution is 2.36. The summed E-state index contributed by atoms with van der Waals surface area (Å²) in [4.78, 5) is 25.7. The summed E-state index contributed by atoms with van der Waals surface area (Å²) in [6, 6.07) is 16.0. The number of benzene rings is 2. The van der Waals surface area contributed by atoms with Gasteiger partial charge in [0.1, 0.15) is 0 Å². The fraction of sp³-hybridized carbons (Fsp3) is 0.261. The van der Waals surface area contributed by atoms with Crippen molar-refractivity contribution in [3.05, 3.63) is 87.1 Å². The molecule has 0 saturated carbocycles. The van der Waals surface area contributed by atoms with Gasteiger partial charge in [0.05, 0.1) is 18.1 Å². The van der Waals surface area contributed by atoms with Crippen LogP contribution in [0, 0.1) is 10.1 Å². The molecule has 0 atom stereocenters. The van der Waals surface area contributed by atoms with E-state index in [9.17, 15) is 14.9 Å². The molecule has 0 aromatic heterocycles. The first-order valence-electron chi connectivity index (χ1n) is 9.99. The summed E-state index contributed by atoms with van der Waals surface area (Å²) >= 11 is 0. The fourth-order valence-electron chi connectivity index (χ4n) is 3.86. The number of ether oxygens (including phenoxy) is 1. The topological polar surface area (TPSA) is 84.7 Å². The molecule has 0 unspecified atom stereocenters. The minimum Gasteiger partial charge on any atom is -0.378 e. The molecule has 1 fully saturated rings. The second-order valence-corrected chi connectivity index (χ2v) is 7.26. The summed E-state index contributed by atoms with van der Waals surface area (Å²) in [5, 5.41) is 13.7. The van der Waals surface area contributed by atoms with Crippen molar-refractivity contribution in [3.8, 4) is 0 Å². The Morgan fingerprint density at radius 3 is 2.40 bits per heavy atom. The molecule has 0 spiro atoms. The number of nitro benzene ring substituents is 1. The molecule has 1 aliphatic heterocycles. The van der Waals surface area contributed by atoms with E-state index in [2.05, 4.69) is 28.4 Å². The van der Waals surface area contributed by atoms with Crippen molar-refractivity contribution in [2.45, 2.75) is 12.8 Å². The molecule has 2 aromatic carbocycles. The van der Waals surface area contributed by atoms with Gasteiger partial charge in [-0.2, -0.15) is 0 Å². The van der Waals surface area contributed by atoms with Crippen LogP contribution in [-0.2, 0) is 9.53 Å². The standard InChI is InChI=1S/C23H23N3O4/c27-23(24-19-7-9-20(10-8-19)26(28)29)21-11-6-18(16-17-4-2-1-3-5-17)22(21)25-12-14-30-15-13-25/h1-5,7-10,16H,6,11-15H2,(H,24,27)/b18-16+. The zero-order chi connectivity index (χ0) is 20.9. The average Bonchev–Trinajstić information content (AvgIpc) is 3.19. The molecule has 0 bridgehead atoms. The van der Waals surface area contributed by atoms with Crippen molar-refractivity contribution < 1.29 is 14.5 Å². The summed E-state index contributed by atoms with van der Waals surface area (Å²) in [5.74, 6) is -0.165. The lowest BCUT2D eigenvalue weighted by atomic mass is 10.1. The molecular weight excluding hydrogens is 382 g/mol. The number of amides is 1. The third-order valence-electron chi connectivity index (χ3n) is 5.31. The molecule has 7 nitrogen and oxygen atoms in total. The number of allylic oxidation sites excluding steroid dienone is 1. The van der Waals surface area contributed by atoms with Crippen molar-refractivity contribution in [3.63, 3.8) is 0 Å². The van der Waals surface area contributed by atoms with Crippen LogP contribution in [0.15, 0.2) is 71.4 Å². The van der Waals surface area contributed by atoms with Gasteiger partial charge in [0.25, 0.3) is 11.6 Å². The van der Waals surface area contributed by atoms with E-state index >= 15 is 0 Å². The molecule has 1 saturated heterocycles. The van der Waals surface area contributed by atoms with E-state index in [1.54, 1.807) is 12.1 Å². The van der Waals surface area contributed by atoms with Gasteiger partial charge in [0.2, 0.25) is 0 Å². The SMILES string of the molecule is O=C(Nc1ccc([N+](=O)[O-])cc1)C1=C(N2CCOCC2)/C(=C/c2ccccc2)CC1. The normalized spacial score (nSPS) is 18.0. The number of nitro groups is 1. The number of rotatable bonds is 5. The molecule has 30 heavy (non-hydrogen) atoms. The molecule has 1 amide bonds. The maximum absolute atomic E-state index is 13.1. The molecule has 1 N–H and O–H groups in total. The van der Waals surface area contributed by atoms with Crippen LogP contribution in [0.1, 0.15) is 18.4 Å². The Kier molecular flexibility index (Phi) is 5.90. The summed E-state index contributed by atoms with van der Waals surface area (Å²) in [5.41, 5.74) is 4.53. The maximum atomic E-state index is 13.1. The van der Waals surface area contributed by atoms with Gasteiger partial charge < -0.3 is 15.0 Å². The molecular formula is C23H23N3O4. The van der Waals surface area contributed by atoms with Gasteiger partial charge in [-0.15, -0.1) is 0 Å². The van der Waals surface area contributed by atoms with Crippen molar-refractivity contribution in [1.82, 2.24) is 4.90 Å². The Hall–Kier alpha value is -3.45. The van der Waals surface area contributed by atoms with Gasteiger partial charge in [-0.25, -0.2) is 0 Å². The lowest BCUT2D eigenvalue weighted by Gasteiger charge is -2.31. The third-order valence-corrected chi connectivity index (χ3v) is 5.31. The van der Waals surface area contributed by atoms with E-state index < -0.39 is 4.92 Å². The molecule has 154 valence electrons. The zero-order valence-electron chi connectivity index (χ0n) is 16.5. The summed E-state index contributed by atoms with van der Waals surface area (Å²) in [6.45, 7) is 2.77. The van der Waals surface area contributed by atoms with Crippen LogP contribution >= 0.6 is 0 Å². The van der Waals surface area contributed by atoms with Crippen LogP contribution in [0.5, 0.6) is 0 Å². The van der Waals surface area contributed by atoms with E-state index in [-0.39, 0.29) is 11.6 Å². The molecule has 1 heterocycles. The first-order chi connectivity index (χ1) is 14.6. The van der Waals surface area contributed by atoms with E-state index in [0.717, 1.165) is 41.9 Å². The number of nitrogens with zero attached hydrogens (tertiary/aromatic N) is 2. The maximum Gasteiger partial charge on any atom is 0.269 e. The third kappa shape index (κ3) is 4.41. The summed E-state index contributed by atoms with van der Waals surface area (Å²) in [6.07, 6.45) is 3.60. The second-order valence-electron chi connectivity index (χ2n) is 7.26. The van der Waals surface area contributed by atoms with Crippen molar-refractivity contribution >= 4 is 23.4 Å². The van der Waals surface area contributed by atoms with Crippen LogP contribution in [0.25, 0.3) is 6.08 Å². The number of anilines is 1. The van der Waals surface area contributed by atoms with Crippen LogP contribution in [0.4, 0.5) is 11.4 Å². The number of nitrogens with one attached hydrogen (secondary N) is 1. The van der Waals surface area contributed by atoms with E-state index in [1.807, 2.05) is 18.2 Å². The number of carbonyl (C=O) groups excluding carboxylic acids is 1. The largest absolute Gasteiger partial charge is 0.378 e. The van der Waals surface area contributed by atoms with E-state index in [0.29, 0.717) is 25.3 Å². The van der Waals surface area contributed by atoms with Gasteiger partial charge in [0, 0.05) is 42.2 Å². The molecule has 2 aromatic rings. The smallest absolute Gasteiger partial charge is 0.269 e. The van der Waals surface area contributed by atoms with Crippen LogP contribution in [0.2, 0.25) is 0 Å². The number of carbonyl (C=O) groups is 1. The number of hydrogen-bond donors (Lipinski definition) is 1. The Morgan fingerprint density at radius 1 is 1.03 bits per heavy atom. The first kappa shape index (κ1) is 19.8. The highest BCUT2D eigenvalue weighted by Gasteiger charge is 2.29. The minimum atomic E-state index is -0.456.